The standard InChI is InChI=1S/C18H25F3N4O/c1-6-22-16(25-10-17(2,3)18(25,4)5)23-9-13(26)24-12-8-7-11(19)14(20)15(12)21/h7-8H,6,9-10H2,1-5H3,(H,22,23)(H,24,26). The van der Waals surface area contributed by atoms with Gasteiger partial charge in [-0.25, -0.2) is 18.2 Å². The van der Waals surface area contributed by atoms with Crippen LogP contribution < -0.4 is 10.6 Å². The Hall–Kier alpha value is -2.25. The second-order valence-corrected chi connectivity index (χ2v) is 7.47. The number of aliphatic imine (C=N–C) groups is 1. The molecule has 0 radical (unpaired) electrons. The largest absolute Gasteiger partial charge is 0.356 e. The highest BCUT2D eigenvalue weighted by Crippen LogP contribution is 2.46. The molecule has 1 amide bonds. The number of hydrogen-bond acceptors (Lipinski definition) is 2. The molecule has 0 aromatic heterocycles. The van der Waals surface area contributed by atoms with Gasteiger partial charge in [0, 0.05) is 24.0 Å². The number of nitrogens with zero attached hydrogens (tertiary/aromatic N) is 2. The van der Waals surface area contributed by atoms with Gasteiger partial charge < -0.3 is 15.5 Å². The van der Waals surface area contributed by atoms with Crippen LogP contribution in [-0.4, -0.2) is 41.9 Å². The Morgan fingerprint density at radius 3 is 2.38 bits per heavy atom. The van der Waals surface area contributed by atoms with Crippen LogP contribution in [-0.2, 0) is 4.79 Å². The van der Waals surface area contributed by atoms with Gasteiger partial charge >= 0.3 is 0 Å². The van der Waals surface area contributed by atoms with Gasteiger partial charge in [-0.3, -0.25) is 4.79 Å². The van der Waals surface area contributed by atoms with Crippen molar-refractivity contribution in [3.63, 3.8) is 0 Å². The summed E-state index contributed by atoms with van der Waals surface area (Å²) >= 11 is 0. The summed E-state index contributed by atoms with van der Waals surface area (Å²) in [6.07, 6.45) is 0. The summed E-state index contributed by atoms with van der Waals surface area (Å²) < 4.78 is 39.8. The summed E-state index contributed by atoms with van der Waals surface area (Å²) in [4.78, 5) is 18.4. The van der Waals surface area contributed by atoms with Crippen molar-refractivity contribution in [3.8, 4) is 0 Å². The number of rotatable bonds is 4. The molecule has 0 saturated carbocycles. The van der Waals surface area contributed by atoms with E-state index in [4.69, 9.17) is 0 Å². The van der Waals surface area contributed by atoms with Crippen LogP contribution in [0.25, 0.3) is 0 Å². The molecule has 1 aliphatic heterocycles. The number of hydrogen-bond donors (Lipinski definition) is 2. The van der Waals surface area contributed by atoms with Crippen LogP contribution in [0.3, 0.4) is 0 Å². The molecule has 0 atom stereocenters. The molecule has 144 valence electrons. The lowest BCUT2D eigenvalue weighted by Gasteiger charge is -2.62. The molecule has 0 spiro atoms. The van der Waals surface area contributed by atoms with Gasteiger partial charge in [-0.15, -0.1) is 0 Å². The van der Waals surface area contributed by atoms with Crippen molar-refractivity contribution in [1.82, 2.24) is 10.2 Å². The molecule has 2 rings (SSSR count). The smallest absolute Gasteiger partial charge is 0.246 e. The summed E-state index contributed by atoms with van der Waals surface area (Å²) in [5.41, 5.74) is -0.462. The third-order valence-electron chi connectivity index (χ3n) is 5.16. The summed E-state index contributed by atoms with van der Waals surface area (Å²) in [5, 5.41) is 5.35. The number of halogens is 3. The monoisotopic (exact) mass is 370 g/mol. The van der Waals surface area contributed by atoms with E-state index in [0.29, 0.717) is 12.5 Å². The predicted octanol–water partition coefficient (Wildman–Crippen LogP) is 3.13. The molecule has 26 heavy (non-hydrogen) atoms. The van der Waals surface area contributed by atoms with Crippen molar-refractivity contribution < 1.29 is 18.0 Å². The van der Waals surface area contributed by atoms with E-state index in [-0.39, 0.29) is 17.5 Å². The predicted molar refractivity (Wildman–Crippen MR) is 95.5 cm³/mol. The molecule has 0 aliphatic carbocycles. The van der Waals surface area contributed by atoms with Crippen LogP contribution in [0.4, 0.5) is 18.9 Å². The maximum Gasteiger partial charge on any atom is 0.246 e. The molecule has 1 aliphatic rings. The summed E-state index contributed by atoms with van der Waals surface area (Å²) in [6, 6.07) is 1.73. The average Bonchev–Trinajstić information content (AvgIpc) is 2.57. The number of amides is 1. The number of carbonyl (C=O) groups is 1. The zero-order valence-electron chi connectivity index (χ0n) is 15.7. The molecule has 8 heteroatoms. The fourth-order valence-electron chi connectivity index (χ4n) is 2.75. The highest BCUT2D eigenvalue weighted by atomic mass is 19.2. The number of likely N-dealkylation sites (tertiary alicyclic amines) is 1. The minimum atomic E-state index is -1.62. The third kappa shape index (κ3) is 3.64. The molecule has 1 aromatic rings. The Labute approximate surface area is 151 Å². The highest BCUT2D eigenvalue weighted by Gasteiger charge is 2.53. The first-order valence-corrected chi connectivity index (χ1v) is 8.50. The Morgan fingerprint density at radius 1 is 1.19 bits per heavy atom. The van der Waals surface area contributed by atoms with Crippen molar-refractivity contribution in [1.29, 1.82) is 0 Å². The van der Waals surface area contributed by atoms with Crippen LogP contribution in [0, 0.1) is 22.9 Å². The van der Waals surface area contributed by atoms with Gasteiger partial charge in [0.25, 0.3) is 0 Å². The molecule has 0 unspecified atom stereocenters. The third-order valence-corrected chi connectivity index (χ3v) is 5.16. The molecule has 0 bridgehead atoms. The Balaban J connectivity index is 2.08. The first kappa shape index (κ1) is 20.1. The first-order chi connectivity index (χ1) is 12.0. The van der Waals surface area contributed by atoms with E-state index in [2.05, 4.69) is 48.2 Å². The van der Waals surface area contributed by atoms with Gasteiger partial charge in [0.05, 0.1) is 5.69 Å². The van der Waals surface area contributed by atoms with Gasteiger partial charge in [-0.1, -0.05) is 13.8 Å². The number of benzene rings is 1. The van der Waals surface area contributed by atoms with E-state index >= 15 is 0 Å². The summed E-state index contributed by atoms with van der Waals surface area (Å²) in [5.74, 6) is -4.40. The minimum Gasteiger partial charge on any atom is -0.356 e. The fraction of sp³-hybridized carbons (Fsp3) is 0.556. The minimum absolute atomic E-state index is 0.0974. The first-order valence-electron chi connectivity index (χ1n) is 8.50. The van der Waals surface area contributed by atoms with Crippen LogP contribution >= 0.6 is 0 Å². The molecular weight excluding hydrogens is 345 g/mol. The molecule has 5 nitrogen and oxygen atoms in total. The lowest BCUT2D eigenvalue weighted by atomic mass is 9.65. The SMILES string of the molecule is CCNC(=NCC(=O)Nc1ccc(F)c(F)c1F)N1CC(C)(C)C1(C)C. The van der Waals surface area contributed by atoms with Gasteiger partial charge in [-0.2, -0.15) is 0 Å². The lowest BCUT2D eigenvalue weighted by molar-refractivity contribution is -0.115. The van der Waals surface area contributed by atoms with Crippen LogP contribution in [0.1, 0.15) is 34.6 Å². The van der Waals surface area contributed by atoms with Gasteiger partial charge in [0.2, 0.25) is 5.91 Å². The quantitative estimate of drug-likeness (QED) is 0.486. The second-order valence-electron chi connectivity index (χ2n) is 7.47. The lowest BCUT2D eigenvalue weighted by Crippen LogP contribution is -2.72. The molecule has 1 heterocycles. The molecule has 1 saturated heterocycles. The molecule has 1 fully saturated rings. The van der Waals surface area contributed by atoms with Crippen molar-refractivity contribution in [3.05, 3.63) is 29.6 Å². The number of anilines is 1. The number of nitrogens with one attached hydrogen (secondary N) is 2. The second kappa shape index (κ2) is 7.17. The van der Waals surface area contributed by atoms with E-state index in [1.807, 2.05) is 6.92 Å². The maximum atomic E-state index is 13.6. The number of guanidine groups is 1. The van der Waals surface area contributed by atoms with E-state index in [1.165, 1.54) is 0 Å². The zero-order valence-corrected chi connectivity index (χ0v) is 15.7. The normalized spacial score (nSPS) is 18.3. The summed E-state index contributed by atoms with van der Waals surface area (Å²) in [6.45, 7) is 11.6. The fourth-order valence-corrected chi connectivity index (χ4v) is 2.75. The van der Waals surface area contributed by atoms with Gasteiger partial charge in [0.15, 0.2) is 23.4 Å². The maximum absolute atomic E-state index is 13.6. The Kier molecular flexibility index (Phi) is 5.53. The Bertz CT molecular complexity index is 731. The highest BCUT2D eigenvalue weighted by molar-refractivity contribution is 5.94. The average molecular weight is 370 g/mol. The van der Waals surface area contributed by atoms with Crippen molar-refractivity contribution >= 4 is 17.6 Å². The zero-order chi connectivity index (χ0) is 19.7. The van der Waals surface area contributed by atoms with E-state index < -0.39 is 29.0 Å². The topological polar surface area (TPSA) is 56.7 Å². The molecule has 2 N–H and O–H groups in total. The van der Waals surface area contributed by atoms with Crippen molar-refractivity contribution in [2.45, 2.75) is 40.2 Å². The van der Waals surface area contributed by atoms with Crippen molar-refractivity contribution in [2.75, 3.05) is 25.0 Å². The summed E-state index contributed by atoms with van der Waals surface area (Å²) in [7, 11) is 0. The van der Waals surface area contributed by atoms with Gasteiger partial charge in [-0.05, 0) is 32.9 Å². The van der Waals surface area contributed by atoms with Crippen molar-refractivity contribution in [2.24, 2.45) is 10.4 Å². The van der Waals surface area contributed by atoms with Crippen LogP contribution in [0.15, 0.2) is 17.1 Å². The van der Waals surface area contributed by atoms with E-state index in [1.54, 1.807) is 0 Å². The molecule has 1 aromatic carbocycles. The van der Waals surface area contributed by atoms with Crippen LogP contribution in [0.5, 0.6) is 0 Å². The van der Waals surface area contributed by atoms with E-state index in [9.17, 15) is 18.0 Å². The molecular formula is C18H25F3N4O. The van der Waals surface area contributed by atoms with Gasteiger partial charge in [0.1, 0.15) is 6.54 Å². The van der Waals surface area contributed by atoms with Crippen LogP contribution in [0.2, 0.25) is 0 Å². The number of carbonyl (C=O) groups excluding carboxylic acids is 1. The Morgan fingerprint density at radius 2 is 1.85 bits per heavy atom. The van der Waals surface area contributed by atoms with E-state index in [0.717, 1.165) is 18.7 Å².